The number of benzene rings is 1. The third-order valence-electron chi connectivity index (χ3n) is 2.95. The Morgan fingerprint density at radius 1 is 1.48 bits per heavy atom. The number of hydrogen-bond donors (Lipinski definition) is 1. The van der Waals surface area contributed by atoms with Crippen LogP contribution in [0.15, 0.2) is 22.6 Å². The van der Waals surface area contributed by atoms with Gasteiger partial charge in [0.1, 0.15) is 5.75 Å². The van der Waals surface area contributed by atoms with E-state index in [1.807, 2.05) is 13.8 Å². The minimum Gasteiger partial charge on any atom is -0.496 e. The van der Waals surface area contributed by atoms with Crippen LogP contribution < -0.4 is 10.1 Å². The second kappa shape index (κ2) is 6.31. The normalized spacial score (nSPS) is 12.1. The Morgan fingerprint density at radius 2 is 2.24 bits per heavy atom. The molecule has 21 heavy (non-hydrogen) atoms. The molecular weight excluding hydrogens is 276 g/mol. The molecule has 112 valence electrons. The van der Waals surface area contributed by atoms with E-state index in [-0.39, 0.29) is 17.6 Å². The van der Waals surface area contributed by atoms with Crippen molar-refractivity contribution in [3.05, 3.63) is 34.2 Å². The quantitative estimate of drug-likeness (QED) is 0.643. The molecule has 1 N–H and O–H groups in total. The third kappa shape index (κ3) is 3.16. The Balaban J connectivity index is 2.35. The van der Waals surface area contributed by atoms with Gasteiger partial charge in [0, 0.05) is 6.07 Å². The number of non-ortho nitro benzene ring substituents is 1. The monoisotopic (exact) mass is 292 g/mol. The van der Waals surface area contributed by atoms with Gasteiger partial charge in [-0.3, -0.25) is 10.1 Å². The number of aromatic nitrogens is 2. The van der Waals surface area contributed by atoms with Crippen LogP contribution >= 0.6 is 0 Å². The molecule has 0 aliphatic carbocycles. The molecule has 1 aromatic carbocycles. The van der Waals surface area contributed by atoms with Gasteiger partial charge in [0.15, 0.2) is 0 Å². The molecule has 2 rings (SSSR count). The molecule has 0 aliphatic heterocycles. The number of hydrogen-bond acceptors (Lipinski definition) is 7. The second-order valence-electron chi connectivity index (χ2n) is 4.37. The fourth-order valence-corrected chi connectivity index (χ4v) is 1.88. The smallest absolute Gasteiger partial charge is 0.273 e. The van der Waals surface area contributed by atoms with Gasteiger partial charge in [-0.1, -0.05) is 6.92 Å². The summed E-state index contributed by atoms with van der Waals surface area (Å²) in [6.07, 6.45) is 0. The van der Waals surface area contributed by atoms with Crippen molar-refractivity contribution in [2.45, 2.75) is 19.9 Å². The van der Waals surface area contributed by atoms with Crippen molar-refractivity contribution in [3.8, 4) is 17.2 Å². The number of nitrogens with zero attached hydrogens (tertiary/aromatic N) is 3. The molecule has 0 fully saturated rings. The van der Waals surface area contributed by atoms with Gasteiger partial charge in [-0.2, -0.15) is 0 Å². The summed E-state index contributed by atoms with van der Waals surface area (Å²) in [6, 6.07) is 4.16. The molecule has 8 nitrogen and oxygen atoms in total. The third-order valence-corrected chi connectivity index (χ3v) is 2.95. The summed E-state index contributed by atoms with van der Waals surface area (Å²) in [5.41, 5.74) is 0.460. The highest BCUT2D eigenvalue weighted by atomic mass is 16.6. The first kappa shape index (κ1) is 14.9. The van der Waals surface area contributed by atoms with Gasteiger partial charge in [-0.05, 0) is 19.5 Å². The summed E-state index contributed by atoms with van der Waals surface area (Å²) < 4.78 is 10.8. The minimum absolute atomic E-state index is 0.0589. The molecule has 0 radical (unpaired) electrons. The Bertz CT molecular complexity index is 641. The lowest BCUT2D eigenvalue weighted by molar-refractivity contribution is -0.384. The van der Waals surface area contributed by atoms with Gasteiger partial charge >= 0.3 is 0 Å². The van der Waals surface area contributed by atoms with E-state index in [0.29, 0.717) is 17.2 Å². The van der Waals surface area contributed by atoms with Crippen LogP contribution in [0.5, 0.6) is 5.75 Å². The lowest BCUT2D eigenvalue weighted by atomic mass is 10.2. The lowest BCUT2D eigenvalue weighted by Crippen LogP contribution is -2.17. The second-order valence-corrected chi connectivity index (χ2v) is 4.37. The fourth-order valence-electron chi connectivity index (χ4n) is 1.88. The molecule has 1 heterocycles. The van der Waals surface area contributed by atoms with E-state index in [1.165, 1.54) is 25.3 Å². The molecule has 0 bridgehead atoms. The Kier molecular flexibility index (Phi) is 4.49. The van der Waals surface area contributed by atoms with Crippen molar-refractivity contribution >= 4 is 5.69 Å². The van der Waals surface area contributed by atoms with Crippen LogP contribution in [0.1, 0.15) is 25.8 Å². The van der Waals surface area contributed by atoms with Gasteiger partial charge in [0.2, 0.25) is 5.89 Å². The topological polar surface area (TPSA) is 103 Å². The summed E-state index contributed by atoms with van der Waals surface area (Å²) in [4.78, 5) is 10.3. The highest BCUT2D eigenvalue weighted by molar-refractivity contribution is 5.65. The van der Waals surface area contributed by atoms with E-state index in [4.69, 9.17) is 9.15 Å². The number of nitro groups is 1. The van der Waals surface area contributed by atoms with E-state index >= 15 is 0 Å². The average Bonchev–Trinajstić information content (AvgIpc) is 2.96. The lowest BCUT2D eigenvalue weighted by Gasteiger charge is -2.06. The first-order valence-electron chi connectivity index (χ1n) is 6.46. The zero-order chi connectivity index (χ0) is 15.4. The zero-order valence-corrected chi connectivity index (χ0v) is 12.0. The van der Waals surface area contributed by atoms with Crippen LogP contribution in [-0.2, 0) is 0 Å². The van der Waals surface area contributed by atoms with E-state index in [0.717, 1.165) is 6.54 Å². The predicted molar refractivity (Wildman–Crippen MR) is 75.0 cm³/mol. The van der Waals surface area contributed by atoms with Crippen molar-refractivity contribution in [2.24, 2.45) is 0 Å². The molecule has 1 unspecified atom stereocenters. The summed E-state index contributed by atoms with van der Waals surface area (Å²) in [7, 11) is 1.43. The minimum atomic E-state index is -0.487. The highest BCUT2D eigenvalue weighted by Gasteiger charge is 2.19. The summed E-state index contributed by atoms with van der Waals surface area (Å²) in [6.45, 7) is 4.67. The van der Waals surface area contributed by atoms with Crippen LogP contribution in [0.2, 0.25) is 0 Å². The van der Waals surface area contributed by atoms with Crippen LogP contribution in [-0.4, -0.2) is 28.8 Å². The molecule has 1 atom stereocenters. The van der Waals surface area contributed by atoms with Crippen molar-refractivity contribution in [1.82, 2.24) is 15.5 Å². The SMILES string of the molecule is CCNC(C)c1nnc(-c2ccc([N+](=O)[O-])cc2OC)o1. The van der Waals surface area contributed by atoms with Crippen molar-refractivity contribution in [2.75, 3.05) is 13.7 Å². The molecule has 2 aromatic rings. The maximum atomic E-state index is 10.8. The van der Waals surface area contributed by atoms with Crippen LogP contribution in [0.4, 0.5) is 5.69 Å². The number of nitro benzene ring substituents is 1. The van der Waals surface area contributed by atoms with E-state index in [2.05, 4.69) is 15.5 Å². The van der Waals surface area contributed by atoms with E-state index in [1.54, 1.807) is 0 Å². The molecule has 8 heteroatoms. The summed E-state index contributed by atoms with van der Waals surface area (Å²) >= 11 is 0. The number of methoxy groups -OCH3 is 1. The van der Waals surface area contributed by atoms with Gasteiger partial charge in [0.05, 0.1) is 29.7 Å². The average molecular weight is 292 g/mol. The first-order valence-corrected chi connectivity index (χ1v) is 6.46. The Hall–Kier alpha value is -2.48. The van der Waals surface area contributed by atoms with Crippen LogP contribution in [0, 0.1) is 10.1 Å². The molecule has 1 aromatic heterocycles. The number of ether oxygens (including phenoxy) is 1. The van der Waals surface area contributed by atoms with Gasteiger partial charge < -0.3 is 14.5 Å². The summed E-state index contributed by atoms with van der Waals surface area (Å²) in [5.74, 6) is 1.03. The molecule has 0 aliphatic rings. The Labute approximate surface area is 121 Å². The van der Waals surface area contributed by atoms with Crippen LogP contribution in [0.25, 0.3) is 11.5 Å². The predicted octanol–water partition coefficient (Wildman–Crippen LogP) is 2.32. The van der Waals surface area contributed by atoms with Gasteiger partial charge in [0.25, 0.3) is 11.6 Å². The van der Waals surface area contributed by atoms with Gasteiger partial charge in [-0.15, -0.1) is 10.2 Å². The molecule has 0 saturated carbocycles. The maximum Gasteiger partial charge on any atom is 0.273 e. The molecule has 0 spiro atoms. The van der Waals surface area contributed by atoms with E-state index in [9.17, 15) is 10.1 Å². The van der Waals surface area contributed by atoms with Crippen molar-refractivity contribution in [3.63, 3.8) is 0 Å². The first-order chi connectivity index (χ1) is 10.1. The highest BCUT2D eigenvalue weighted by Crippen LogP contribution is 2.32. The van der Waals surface area contributed by atoms with E-state index < -0.39 is 4.92 Å². The largest absolute Gasteiger partial charge is 0.496 e. The van der Waals surface area contributed by atoms with Crippen LogP contribution in [0.3, 0.4) is 0 Å². The van der Waals surface area contributed by atoms with Gasteiger partial charge in [-0.25, -0.2) is 0 Å². The fraction of sp³-hybridized carbons (Fsp3) is 0.385. The summed E-state index contributed by atoms with van der Waals surface area (Å²) in [5, 5.41) is 21.9. The number of rotatable bonds is 6. The Morgan fingerprint density at radius 3 is 2.86 bits per heavy atom. The van der Waals surface area contributed by atoms with Crippen molar-refractivity contribution < 1.29 is 14.1 Å². The molecule has 0 amide bonds. The zero-order valence-electron chi connectivity index (χ0n) is 12.0. The standard InChI is InChI=1S/C13H16N4O4/c1-4-14-8(2)12-15-16-13(21-12)10-6-5-9(17(18)19)7-11(10)20-3/h5-8,14H,4H2,1-3H3. The maximum absolute atomic E-state index is 10.8. The molecular formula is C13H16N4O4. The van der Waals surface area contributed by atoms with Crippen molar-refractivity contribution in [1.29, 1.82) is 0 Å². The molecule has 0 saturated heterocycles. The number of nitrogens with one attached hydrogen (secondary N) is 1.